The summed E-state index contributed by atoms with van der Waals surface area (Å²) >= 11 is 6.68. The van der Waals surface area contributed by atoms with Gasteiger partial charge in [0.25, 0.3) is 5.92 Å². The average Bonchev–Trinajstić information content (AvgIpc) is 2.44. The number of rotatable bonds is 4. The normalized spacial score (nSPS) is 19.1. The average molecular weight is 414 g/mol. The third-order valence-corrected chi connectivity index (χ3v) is 5.27. The van der Waals surface area contributed by atoms with Crippen molar-refractivity contribution in [3.63, 3.8) is 0 Å². The predicted octanol–water partition coefficient (Wildman–Crippen LogP) is 2.79. The molecular formula is C13H16Br2F2N2O. The summed E-state index contributed by atoms with van der Waals surface area (Å²) in [5.74, 6) is -3.18. The van der Waals surface area contributed by atoms with E-state index in [0.29, 0.717) is 31.7 Å². The number of hydrogen-bond acceptors (Lipinski definition) is 3. The lowest BCUT2D eigenvalue weighted by Crippen LogP contribution is -2.51. The first-order valence-corrected chi connectivity index (χ1v) is 7.92. The van der Waals surface area contributed by atoms with Gasteiger partial charge in [0, 0.05) is 35.1 Å². The fraction of sp³-hybridized carbons (Fsp3) is 0.538. The Labute approximate surface area is 133 Å². The maximum Gasteiger partial charge on any atom is 0.289 e. The summed E-state index contributed by atoms with van der Waals surface area (Å²) < 4.78 is 29.9. The lowest BCUT2D eigenvalue weighted by molar-refractivity contribution is -0.118. The van der Waals surface area contributed by atoms with Crippen LogP contribution in [0.1, 0.15) is 11.6 Å². The van der Waals surface area contributed by atoms with E-state index in [1.165, 1.54) is 0 Å². The van der Waals surface area contributed by atoms with E-state index < -0.39 is 18.6 Å². The van der Waals surface area contributed by atoms with Crippen molar-refractivity contribution in [2.45, 2.75) is 12.0 Å². The minimum Gasteiger partial charge on any atom is -0.390 e. The van der Waals surface area contributed by atoms with Gasteiger partial charge in [0.1, 0.15) is 12.6 Å². The molecule has 0 spiro atoms. The molecule has 0 aliphatic carbocycles. The molecule has 1 aromatic carbocycles. The number of alkyl halides is 2. The van der Waals surface area contributed by atoms with Gasteiger partial charge in [-0.3, -0.25) is 4.90 Å². The lowest BCUT2D eigenvalue weighted by atomic mass is 9.98. The zero-order valence-corrected chi connectivity index (χ0v) is 13.9. The zero-order chi connectivity index (χ0) is 14.8. The molecule has 0 amide bonds. The van der Waals surface area contributed by atoms with Crippen molar-refractivity contribution < 1.29 is 13.9 Å². The molecule has 3 nitrogen and oxygen atoms in total. The van der Waals surface area contributed by atoms with Crippen LogP contribution in [0.2, 0.25) is 0 Å². The topological polar surface area (TPSA) is 35.5 Å². The summed E-state index contributed by atoms with van der Waals surface area (Å²) in [7, 11) is 0. The molecule has 1 atom stereocenters. The van der Waals surface area contributed by atoms with Crippen LogP contribution < -0.4 is 5.32 Å². The predicted molar refractivity (Wildman–Crippen MR) is 81.1 cm³/mol. The van der Waals surface area contributed by atoms with Crippen molar-refractivity contribution in [2.75, 3.05) is 32.8 Å². The summed E-state index contributed by atoms with van der Waals surface area (Å²) in [6, 6.07) is 3.98. The quantitative estimate of drug-likeness (QED) is 0.796. The summed E-state index contributed by atoms with van der Waals surface area (Å²) in [5.41, 5.74) is 0.501. The third-order valence-electron chi connectivity index (χ3n) is 3.39. The maximum atomic E-state index is 14.2. The van der Waals surface area contributed by atoms with E-state index in [-0.39, 0.29) is 0 Å². The van der Waals surface area contributed by atoms with Gasteiger partial charge in [-0.25, -0.2) is 8.78 Å². The molecule has 20 heavy (non-hydrogen) atoms. The molecule has 0 radical (unpaired) electrons. The van der Waals surface area contributed by atoms with Crippen LogP contribution in [-0.2, 0) is 0 Å². The van der Waals surface area contributed by atoms with Gasteiger partial charge in [-0.1, -0.05) is 6.07 Å². The van der Waals surface area contributed by atoms with Gasteiger partial charge in [0.05, 0.1) is 0 Å². The summed E-state index contributed by atoms with van der Waals surface area (Å²) in [4.78, 5) is 1.72. The van der Waals surface area contributed by atoms with Crippen LogP contribution in [0.25, 0.3) is 0 Å². The number of benzene rings is 1. The SMILES string of the molecule is OCC(F)(F)[C@@H](c1ccc(Br)c(Br)c1)N1CCNCC1. The zero-order valence-electron chi connectivity index (χ0n) is 10.8. The molecule has 1 fully saturated rings. The first kappa shape index (κ1) is 16.3. The second-order valence-corrected chi connectivity index (χ2v) is 6.49. The van der Waals surface area contributed by atoms with Gasteiger partial charge in [-0.05, 0) is 49.6 Å². The van der Waals surface area contributed by atoms with Crippen LogP contribution in [0, 0.1) is 0 Å². The van der Waals surface area contributed by atoms with E-state index in [1.54, 1.807) is 23.1 Å². The van der Waals surface area contributed by atoms with Gasteiger partial charge < -0.3 is 10.4 Å². The highest BCUT2D eigenvalue weighted by atomic mass is 79.9. The van der Waals surface area contributed by atoms with Gasteiger partial charge in [-0.2, -0.15) is 0 Å². The molecule has 2 N–H and O–H groups in total. The van der Waals surface area contributed by atoms with Gasteiger partial charge >= 0.3 is 0 Å². The number of aliphatic hydroxyl groups excluding tert-OH is 1. The minimum atomic E-state index is -3.18. The molecule has 2 rings (SSSR count). The van der Waals surface area contributed by atoms with Crippen molar-refractivity contribution in [2.24, 2.45) is 0 Å². The third kappa shape index (κ3) is 3.57. The smallest absolute Gasteiger partial charge is 0.289 e. The van der Waals surface area contributed by atoms with E-state index in [4.69, 9.17) is 5.11 Å². The Morgan fingerprint density at radius 3 is 2.45 bits per heavy atom. The van der Waals surface area contributed by atoms with E-state index in [1.807, 2.05) is 0 Å². The molecule has 1 aliphatic rings. The molecule has 1 heterocycles. The molecule has 0 saturated carbocycles. The monoisotopic (exact) mass is 412 g/mol. The minimum absolute atomic E-state index is 0.501. The highest BCUT2D eigenvalue weighted by molar-refractivity contribution is 9.13. The Bertz CT molecular complexity index is 468. The van der Waals surface area contributed by atoms with Crippen molar-refractivity contribution in [1.29, 1.82) is 0 Å². The van der Waals surface area contributed by atoms with E-state index >= 15 is 0 Å². The number of hydrogen-bond donors (Lipinski definition) is 2. The van der Waals surface area contributed by atoms with E-state index in [2.05, 4.69) is 37.2 Å². The van der Waals surface area contributed by atoms with Crippen molar-refractivity contribution in [3.05, 3.63) is 32.7 Å². The number of piperazine rings is 1. The van der Waals surface area contributed by atoms with Crippen molar-refractivity contribution in [3.8, 4) is 0 Å². The molecule has 0 bridgehead atoms. The first-order chi connectivity index (χ1) is 9.45. The van der Waals surface area contributed by atoms with Crippen molar-refractivity contribution in [1.82, 2.24) is 10.2 Å². The fourth-order valence-corrected chi connectivity index (χ4v) is 3.07. The molecular weight excluding hydrogens is 398 g/mol. The molecule has 7 heteroatoms. The van der Waals surface area contributed by atoms with Gasteiger partial charge in [-0.15, -0.1) is 0 Å². The first-order valence-electron chi connectivity index (χ1n) is 6.34. The molecule has 0 unspecified atom stereocenters. The standard InChI is InChI=1S/C13H16Br2F2N2O/c14-10-2-1-9(7-11(10)15)12(13(16,17)8-20)19-5-3-18-4-6-19/h1-2,7,12,18,20H,3-6,8H2/t12-/m1/s1. The summed E-state index contributed by atoms with van der Waals surface area (Å²) in [6.45, 7) is 1.27. The molecule has 112 valence electrons. The highest BCUT2D eigenvalue weighted by Gasteiger charge is 2.44. The number of aliphatic hydroxyl groups is 1. The van der Waals surface area contributed by atoms with Crippen LogP contribution in [0.15, 0.2) is 27.1 Å². The Morgan fingerprint density at radius 1 is 1.25 bits per heavy atom. The Balaban J connectivity index is 2.36. The summed E-state index contributed by atoms with van der Waals surface area (Å²) in [6.07, 6.45) is 0. The van der Waals surface area contributed by atoms with Crippen LogP contribution in [0.4, 0.5) is 8.78 Å². The number of nitrogens with zero attached hydrogens (tertiary/aromatic N) is 1. The second-order valence-electron chi connectivity index (χ2n) is 4.78. The Morgan fingerprint density at radius 2 is 1.90 bits per heavy atom. The van der Waals surface area contributed by atoms with Crippen LogP contribution in [0.3, 0.4) is 0 Å². The second kappa shape index (κ2) is 6.79. The summed E-state index contributed by atoms with van der Waals surface area (Å²) in [5, 5.41) is 12.2. The van der Waals surface area contributed by atoms with E-state index in [0.717, 1.165) is 8.95 Å². The van der Waals surface area contributed by atoms with Crippen LogP contribution in [0.5, 0.6) is 0 Å². The molecule has 1 saturated heterocycles. The number of nitrogens with one attached hydrogen (secondary N) is 1. The Hall–Kier alpha value is -0.0800. The van der Waals surface area contributed by atoms with Crippen LogP contribution >= 0.6 is 31.9 Å². The van der Waals surface area contributed by atoms with Crippen LogP contribution in [-0.4, -0.2) is 48.7 Å². The molecule has 1 aromatic rings. The Kier molecular flexibility index (Phi) is 5.53. The molecule has 1 aliphatic heterocycles. The largest absolute Gasteiger partial charge is 0.390 e. The fourth-order valence-electron chi connectivity index (χ4n) is 2.43. The lowest BCUT2D eigenvalue weighted by Gasteiger charge is -2.38. The van der Waals surface area contributed by atoms with Gasteiger partial charge in [0.15, 0.2) is 0 Å². The van der Waals surface area contributed by atoms with E-state index in [9.17, 15) is 8.78 Å². The molecule has 0 aromatic heterocycles. The highest BCUT2D eigenvalue weighted by Crippen LogP contribution is 2.38. The maximum absolute atomic E-state index is 14.2. The number of halogens is 4. The van der Waals surface area contributed by atoms with Crippen molar-refractivity contribution >= 4 is 31.9 Å². The van der Waals surface area contributed by atoms with Gasteiger partial charge in [0.2, 0.25) is 0 Å².